The summed E-state index contributed by atoms with van der Waals surface area (Å²) in [5.74, 6) is 0. The summed E-state index contributed by atoms with van der Waals surface area (Å²) in [5.41, 5.74) is 0.630. The lowest BCUT2D eigenvalue weighted by molar-refractivity contribution is 0.0683. The zero-order valence-corrected chi connectivity index (χ0v) is 10.0. The van der Waals surface area contributed by atoms with E-state index in [2.05, 4.69) is 37.9 Å². The number of piperazine rings is 1. The minimum absolute atomic E-state index is 0.630. The fraction of sp³-hybridized carbons (Fsp3) is 1.00. The molecule has 0 spiro atoms. The first kappa shape index (κ1) is 10.4. The van der Waals surface area contributed by atoms with Crippen molar-refractivity contribution >= 4 is 0 Å². The third-order valence-electron chi connectivity index (χ3n) is 4.36. The Morgan fingerprint density at radius 3 is 2.57 bits per heavy atom. The molecule has 0 aromatic carbocycles. The highest BCUT2D eigenvalue weighted by molar-refractivity contribution is 5.00. The molecular formula is C12H24N2. The second-order valence-corrected chi connectivity index (χ2v) is 5.69. The van der Waals surface area contributed by atoms with Gasteiger partial charge in [-0.15, -0.1) is 0 Å². The van der Waals surface area contributed by atoms with Crippen molar-refractivity contribution in [1.82, 2.24) is 10.2 Å². The van der Waals surface area contributed by atoms with Crippen molar-refractivity contribution in [1.29, 1.82) is 0 Å². The van der Waals surface area contributed by atoms with Gasteiger partial charge in [-0.25, -0.2) is 0 Å². The molecular weight excluding hydrogens is 172 g/mol. The van der Waals surface area contributed by atoms with E-state index in [9.17, 15) is 0 Å². The van der Waals surface area contributed by atoms with Crippen molar-refractivity contribution < 1.29 is 0 Å². The summed E-state index contributed by atoms with van der Waals surface area (Å²) in [4.78, 5) is 2.70. The van der Waals surface area contributed by atoms with E-state index in [1.54, 1.807) is 0 Å². The molecule has 2 aliphatic rings. The second-order valence-electron chi connectivity index (χ2n) is 5.69. The Bertz CT molecular complexity index is 210. The van der Waals surface area contributed by atoms with Gasteiger partial charge in [-0.1, -0.05) is 6.92 Å². The quantitative estimate of drug-likeness (QED) is 0.725. The van der Waals surface area contributed by atoms with Crippen LogP contribution < -0.4 is 5.32 Å². The van der Waals surface area contributed by atoms with Crippen LogP contribution in [-0.4, -0.2) is 36.1 Å². The maximum Gasteiger partial charge on any atom is 0.0196 e. The van der Waals surface area contributed by atoms with Gasteiger partial charge in [0.15, 0.2) is 0 Å². The van der Waals surface area contributed by atoms with Crippen LogP contribution in [0.25, 0.3) is 0 Å². The molecule has 0 aromatic rings. The van der Waals surface area contributed by atoms with Gasteiger partial charge in [-0.3, -0.25) is 4.90 Å². The molecule has 2 nitrogen and oxygen atoms in total. The molecule has 2 heteroatoms. The van der Waals surface area contributed by atoms with Gasteiger partial charge >= 0.3 is 0 Å². The first-order valence-electron chi connectivity index (χ1n) is 6.02. The zero-order chi connectivity index (χ0) is 10.3. The zero-order valence-electron chi connectivity index (χ0n) is 10.0. The predicted octanol–water partition coefficient (Wildman–Crippen LogP) is 1.86. The molecule has 1 aliphatic carbocycles. The fourth-order valence-corrected chi connectivity index (χ4v) is 2.60. The molecule has 14 heavy (non-hydrogen) atoms. The van der Waals surface area contributed by atoms with Gasteiger partial charge in [0.05, 0.1) is 0 Å². The molecule has 2 fully saturated rings. The third kappa shape index (κ3) is 1.82. The minimum atomic E-state index is 0.630. The monoisotopic (exact) mass is 196 g/mol. The van der Waals surface area contributed by atoms with Crippen LogP contribution in [0.2, 0.25) is 0 Å². The normalized spacial score (nSPS) is 39.4. The summed E-state index contributed by atoms with van der Waals surface area (Å²) in [5, 5.41) is 3.55. The van der Waals surface area contributed by atoms with Gasteiger partial charge < -0.3 is 5.32 Å². The van der Waals surface area contributed by atoms with Crippen LogP contribution in [0.4, 0.5) is 0 Å². The van der Waals surface area contributed by atoms with Crippen LogP contribution in [0.15, 0.2) is 0 Å². The van der Waals surface area contributed by atoms with E-state index in [1.807, 2.05) is 0 Å². The Morgan fingerprint density at radius 2 is 2.00 bits per heavy atom. The molecule has 0 radical (unpaired) electrons. The van der Waals surface area contributed by atoms with Gasteiger partial charge in [0.1, 0.15) is 0 Å². The number of hydrogen-bond donors (Lipinski definition) is 1. The first-order chi connectivity index (χ1) is 6.53. The molecule has 1 aliphatic heterocycles. The summed E-state index contributed by atoms with van der Waals surface area (Å²) in [6.45, 7) is 11.9. The average molecular weight is 196 g/mol. The van der Waals surface area contributed by atoms with E-state index < -0.39 is 0 Å². The summed E-state index contributed by atoms with van der Waals surface area (Å²) in [6.07, 6.45) is 2.86. The van der Waals surface area contributed by atoms with E-state index in [-0.39, 0.29) is 0 Å². The fourth-order valence-electron chi connectivity index (χ4n) is 2.60. The molecule has 82 valence electrons. The summed E-state index contributed by atoms with van der Waals surface area (Å²) < 4.78 is 0. The van der Waals surface area contributed by atoms with Crippen molar-refractivity contribution in [3.8, 4) is 0 Å². The van der Waals surface area contributed by atoms with E-state index in [0.29, 0.717) is 17.5 Å². The van der Waals surface area contributed by atoms with Gasteiger partial charge in [0.25, 0.3) is 0 Å². The van der Waals surface area contributed by atoms with Crippen LogP contribution in [0.3, 0.4) is 0 Å². The van der Waals surface area contributed by atoms with E-state index in [0.717, 1.165) is 12.6 Å². The smallest absolute Gasteiger partial charge is 0.0196 e. The Labute approximate surface area is 88.1 Å². The molecule has 2 rings (SSSR count). The standard InChI is InChI=1S/C12H24N2/c1-9-8-14(10(2)7-13-9)11(3)12(4)5-6-12/h9-11,13H,5-8H2,1-4H3. The SMILES string of the molecule is CC1CN(C(C)C2(C)CC2)C(C)CN1. The maximum absolute atomic E-state index is 3.55. The Hall–Kier alpha value is -0.0800. The highest BCUT2D eigenvalue weighted by Gasteiger charge is 2.46. The van der Waals surface area contributed by atoms with Crippen LogP contribution in [0.5, 0.6) is 0 Å². The number of hydrogen-bond acceptors (Lipinski definition) is 2. The Morgan fingerprint density at radius 1 is 1.36 bits per heavy atom. The van der Waals surface area contributed by atoms with Gasteiger partial charge in [-0.05, 0) is 39.0 Å². The third-order valence-corrected chi connectivity index (χ3v) is 4.36. The van der Waals surface area contributed by atoms with Crippen LogP contribution >= 0.6 is 0 Å². The summed E-state index contributed by atoms with van der Waals surface area (Å²) >= 11 is 0. The van der Waals surface area contributed by atoms with Gasteiger partial charge in [0.2, 0.25) is 0 Å². The Kier molecular flexibility index (Phi) is 2.61. The van der Waals surface area contributed by atoms with Crippen molar-refractivity contribution in [3.63, 3.8) is 0 Å². The lowest BCUT2D eigenvalue weighted by atomic mass is 9.96. The van der Waals surface area contributed by atoms with Gasteiger partial charge in [-0.2, -0.15) is 0 Å². The van der Waals surface area contributed by atoms with E-state index in [4.69, 9.17) is 0 Å². The number of nitrogens with zero attached hydrogens (tertiary/aromatic N) is 1. The Balaban J connectivity index is 2.00. The summed E-state index contributed by atoms with van der Waals surface area (Å²) in [6, 6.07) is 2.14. The summed E-state index contributed by atoms with van der Waals surface area (Å²) in [7, 11) is 0. The predicted molar refractivity (Wildman–Crippen MR) is 60.4 cm³/mol. The highest BCUT2D eigenvalue weighted by Crippen LogP contribution is 2.50. The maximum atomic E-state index is 3.55. The minimum Gasteiger partial charge on any atom is -0.311 e. The second kappa shape index (κ2) is 3.49. The molecule has 1 saturated heterocycles. The average Bonchev–Trinajstić information content (AvgIpc) is 2.88. The molecule has 3 unspecified atom stereocenters. The highest BCUT2D eigenvalue weighted by atomic mass is 15.3. The first-order valence-corrected chi connectivity index (χ1v) is 6.02. The molecule has 0 bridgehead atoms. The lowest BCUT2D eigenvalue weighted by Crippen LogP contribution is -2.58. The molecule has 1 N–H and O–H groups in total. The van der Waals surface area contributed by atoms with Crippen molar-refractivity contribution in [2.24, 2.45) is 5.41 Å². The van der Waals surface area contributed by atoms with Crippen molar-refractivity contribution in [2.75, 3.05) is 13.1 Å². The number of rotatable bonds is 2. The molecule has 0 aromatic heterocycles. The van der Waals surface area contributed by atoms with Gasteiger partial charge in [0, 0.05) is 31.2 Å². The van der Waals surface area contributed by atoms with Crippen LogP contribution in [0.1, 0.15) is 40.5 Å². The lowest BCUT2D eigenvalue weighted by Gasteiger charge is -2.43. The van der Waals surface area contributed by atoms with Crippen LogP contribution in [0, 0.1) is 5.41 Å². The van der Waals surface area contributed by atoms with E-state index in [1.165, 1.54) is 19.4 Å². The molecule has 0 amide bonds. The number of nitrogens with one attached hydrogen (secondary N) is 1. The van der Waals surface area contributed by atoms with E-state index >= 15 is 0 Å². The molecule has 1 heterocycles. The van der Waals surface area contributed by atoms with Crippen LogP contribution in [-0.2, 0) is 0 Å². The largest absolute Gasteiger partial charge is 0.311 e. The molecule has 3 atom stereocenters. The van der Waals surface area contributed by atoms with Crippen molar-refractivity contribution in [3.05, 3.63) is 0 Å². The topological polar surface area (TPSA) is 15.3 Å². The molecule has 1 saturated carbocycles. The van der Waals surface area contributed by atoms with Crippen molar-refractivity contribution in [2.45, 2.75) is 58.7 Å².